The van der Waals surface area contributed by atoms with Crippen molar-refractivity contribution in [2.24, 2.45) is 0 Å². The Bertz CT molecular complexity index is 935. The van der Waals surface area contributed by atoms with Gasteiger partial charge in [-0.3, -0.25) is 15.1 Å². The van der Waals surface area contributed by atoms with Crippen LogP contribution in [-0.2, 0) is 0 Å². The van der Waals surface area contributed by atoms with E-state index in [4.69, 9.17) is 16.3 Å². The van der Waals surface area contributed by atoms with Crippen LogP contribution in [0.25, 0.3) is 0 Å². The standard InChI is InChI=1S/C20H18ClN3O3/c1-2-27-19-13-16(9-10-18(19)24(25)26)23-20(17-8-3-4-11-22-17)14-6-5-7-15(21)12-14/h3-13,20,23H,2H2,1H3. The lowest BCUT2D eigenvalue weighted by Crippen LogP contribution is -2.14. The van der Waals surface area contributed by atoms with Crippen molar-refractivity contribution in [3.05, 3.63) is 93.3 Å². The minimum atomic E-state index is -0.456. The molecule has 1 unspecified atom stereocenters. The first-order chi connectivity index (χ1) is 13.1. The summed E-state index contributed by atoms with van der Waals surface area (Å²) in [5.74, 6) is 0.221. The normalized spacial score (nSPS) is 11.6. The van der Waals surface area contributed by atoms with Crippen molar-refractivity contribution in [3.63, 3.8) is 0 Å². The van der Waals surface area contributed by atoms with Crippen molar-refractivity contribution in [2.45, 2.75) is 13.0 Å². The van der Waals surface area contributed by atoms with E-state index in [0.717, 1.165) is 11.3 Å². The molecule has 1 heterocycles. The molecule has 0 aliphatic rings. The molecule has 3 aromatic rings. The molecule has 0 fully saturated rings. The molecule has 3 rings (SSSR count). The summed E-state index contributed by atoms with van der Waals surface area (Å²) in [7, 11) is 0. The van der Waals surface area contributed by atoms with Crippen LogP contribution in [0, 0.1) is 10.1 Å². The molecule has 6 nitrogen and oxygen atoms in total. The lowest BCUT2D eigenvalue weighted by molar-refractivity contribution is -0.385. The number of rotatable bonds is 7. The van der Waals surface area contributed by atoms with Gasteiger partial charge < -0.3 is 10.1 Å². The Kier molecular flexibility index (Phi) is 5.88. The Morgan fingerprint density at radius 1 is 1.19 bits per heavy atom. The van der Waals surface area contributed by atoms with Gasteiger partial charge in [-0.05, 0) is 42.8 Å². The Balaban J connectivity index is 1.99. The van der Waals surface area contributed by atoms with E-state index in [0.29, 0.717) is 17.3 Å². The minimum absolute atomic E-state index is 0.0699. The predicted molar refractivity (Wildman–Crippen MR) is 105 cm³/mol. The van der Waals surface area contributed by atoms with Crippen LogP contribution in [0.2, 0.25) is 5.02 Å². The maximum absolute atomic E-state index is 11.2. The molecule has 0 aliphatic heterocycles. The largest absolute Gasteiger partial charge is 0.487 e. The fraction of sp³-hybridized carbons (Fsp3) is 0.150. The number of hydrogen-bond acceptors (Lipinski definition) is 5. The van der Waals surface area contributed by atoms with Gasteiger partial charge in [0.05, 0.1) is 23.3 Å². The Morgan fingerprint density at radius 3 is 2.70 bits per heavy atom. The summed E-state index contributed by atoms with van der Waals surface area (Å²) >= 11 is 6.16. The van der Waals surface area contributed by atoms with Crippen molar-refractivity contribution in [1.82, 2.24) is 4.98 Å². The van der Waals surface area contributed by atoms with Crippen LogP contribution in [-0.4, -0.2) is 16.5 Å². The zero-order valence-electron chi connectivity index (χ0n) is 14.6. The van der Waals surface area contributed by atoms with Crippen LogP contribution in [0.1, 0.15) is 24.2 Å². The van der Waals surface area contributed by atoms with Gasteiger partial charge in [-0.1, -0.05) is 29.8 Å². The molecule has 0 bridgehead atoms. The molecule has 7 heteroatoms. The summed E-state index contributed by atoms with van der Waals surface area (Å²) in [4.78, 5) is 15.2. The molecular weight excluding hydrogens is 366 g/mol. The summed E-state index contributed by atoms with van der Waals surface area (Å²) in [6.45, 7) is 2.12. The van der Waals surface area contributed by atoms with Crippen LogP contribution >= 0.6 is 11.6 Å². The lowest BCUT2D eigenvalue weighted by atomic mass is 10.0. The van der Waals surface area contributed by atoms with Crippen molar-refractivity contribution in [2.75, 3.05) is 11.9 Å². The van der Waals surface area contributed by atoms with Gasteiger partial charge in [-0.2, -0.15) is 0 Å². The van der Waals surface area contributed by atoms with Gasteiger partial charge in [0.15, 0.2) is 5.75 Å². The van der Waals surface area contributed by atoms with E-state index in [9.17, 15) is 10.1 Å². The number of aromatic nitrogens is 1. The SMILES string of the molecule is CCOc1cc(NC(c2cccc(Cl)c2)c2ccccn2)ccc1[N+](=O)[O-]. The lowest BCUT2D eigenvalue weighted by Gasteiger charge is -2.21. The van der Waals surface area contributed by atoms with Crippen LogP contribution in [0.5, 0.6) is 5.75 Å². The number of anilines is 1. The summed E-state index contributed by atoms with van der Waals surface area (Å²) in [6.07, 6.45) is 1.72. The average molecular weight is 384 g/mol. The van der Waals surface area contributed by atoms with E-state index in [1.807, 2.05) is 36.4 Å². The van der Waals surface area contributed by atoms with Crippen molar-refractivity contribution < 1.29 is 9.66 Å². The molecular formula is C20H18ClN3O3. The number of hydrogen-bond donors (Lipinski definition) is 1. The quantitative estimate of drug-likeness (QED) is 0.445. The van der Waals surface area contributed by atoms with E-state index < -0.39 is 4.92 Å². The highest BCUT2D eigenvalue weighted by Gasteiger charge is 2.19. The average Bonchev–Trinajstić information content (AvgIpc) is 2.67. The number of benzene rings is 2. The predicted octanol–water partition coefficient (Wildman–Crippen LogP) is 5.24. The number of nitro benzene ring substituents is 1. The third-order valence-corrected chi connectivity index (χ3v) is 4.17. The Labute approximate surface area is 161 Å². The van der Waals surface area contributed by atoms with E-state index in [2.05, 4.69) is 10.3 Å². The zero-order valence-corrected chi connectivity index (χ0v) is 15.4. The van der Waals surface area contributed by atoms with Crippen LogP contribution in [0.3, 0.4) is 0 Å². The van der Waals surface area contributed by atoms with Gasteiger partial charge in [0, 0.05) is 29.0 Å². The van der Waals surface area contributed by atoms with Crippen LogP contribution < -0.4 is 10.1 Å². The second-order valence-corrected chi connectivity index (χ2v) is 6.20. The number of nitrogens with zero attached hydrogens (tertiary/aromatic N) is 2. The fourth-order valence-electron chi connectivity index (χ4n) is 2.75. The third kappa shape index (κ3) is 4.54. The second kappa shape index (κ2) is 8.51. The van der Waals surface area contributed by atoms with Crippen molar-refractivity contribution in [3.8, 4) is 5.75 Å². The number of nitro groups is 1. The molecule has 0 spiro atoms. The number of halogens is 1. The third-order valence-electron chi connectivity index (χ3n) is 3.93. The molecule has 2 aromatic carbocycles. The van der Waals surface area contributed by atoms with Gasteiger partial charge in [0.2, 0.25) is 0 Å². The van der Waals surface area contributed by atoms with Crippen molar-refractivity contribution >= 4 is 23.0 Å². The van der Waals surface area contributed by atoms with E-state index in [-0.39, 0.29) is 17.5 Å². The highest BCUT2D eigenvalue weighted by molar-refractivity contribution is 6.30. The number of ether oxygens (including phenoxy) is 1. The highest BCUT2D eigenvalue weighted by Crippen LogP contribution is 2.33. The summed E-state index contributed by atoms with van der Waals surface area (Å²) < 4.78 is 5.43. The molecule has 1 atom stereocenters. The zero-order chi connectivity index (χ0) is 19.2. The fourth-order valence-corrected chi connectivity index (χ4v) is 2.95. The van der Waals surface area contributed by atoms with Gasteiger partial charge in [0.1, 0.15) is 0 Å². The van der Waals surface area contributed by atoms with Crippen LogP contribution in [0.4, 0.5) is 11.4 Å². The van der Waals surface area contributed by atoms with Gasteiger partial charge in [-0.25, -0.2) is 0 Å². The Hall–Kier alpha value is -3.12. The topological polar surface area (TPSA) is 77.3 Å². The highest BCUT2D eigenvalue weighted by atomic mass is 35.5. The maximum Gasteiger partial charge on any atom is 0.311 e. The second-order valence-electron chi connectivity index (χ2n) is 5.76. The number of pyridine rings is 1. The molecule has 27 heavy (non-hydrogen) atoms. The molecule has 0 amide bonds. The summed E-state index contributed by atoms with van der Waals surface area (Å²) in [5, 5.41) is 15.2. The van der Waals surface area contributed by atoms with E-state index >= 15 is 0 Å². The number of nitrogens with one attached hydrogen (secondary N) is 1. The first-order valence-corrected chi connectivity index (χ1v) is 8.80. The Morgan fingerprint density at radius 2 is 2.04 bits per heavy atom. The van der Waals surface area contributed by atoms with Gasteiger partial charge in [-0.15, -0.1) is 0 Å². The molecule has 0 radical (unpaired) electrons. The van der Waals surface area contributed by atoms with E-state index in [1.165, 1.54) is 6.07 Å². The maximum atomic E-state index is 11.2. The molecule has 0 aliphatic carbocycles. The first-order valence-electron chi connectivity index (χ1n) is 8.42. The monoisotopic (exact) mass is 383 g/mol. The molecule has 1 N–H and O–H groups in total. The molecule has 138 valence electrons. The molecule has 1 aromatic heterocycles. The summed E-state index contributed by atoms with van der Waals surface area (Å²) in [6, 6.07) is 17.6. The minimum Gasteiger partial charge on any atom is -0.487 e. The van der Waals surface area contributed by atoms with E-state index in [1.54, 1.807) is 31.3 Å². The van der Waals surface area contributed by atoms with Crippen LogP contribution in [0.15, 0.2) is 66.9 Å². The smallest absolute Gasteiger partial charge is 0.311 e. The molecule has 0 saturated carbocycles. The molecule has 0 saturated heterocycles. The van der Waals surface area contributed by atoms with Gasteiger partial charge >= 0.3 is 5.69 Å². The van der Waals surface area contributed by atoms with Gasteiger partial charge in [0.25, 0.3) is 0 Å². The first kappa shape index (κ1) is 18.7. The van der Waals surface area contributed by atoms with Crippen molar-refractivity contribution in [1.29, 1.82) is 0 Å². The summed E-state index contributed by atoms with van der Waals surface area (Å²) in [5.41, 5.74) is 2.34.